The Labute approximate surface area is 167 Å². The highest BCUT2D eigenvalue weighted by atomic mass is 32.2. The van der Waals surface area contributed by atoms with Crippen LogP contribution in [0.4, 0.5) is 5.69 Å². The summed E-state index contributed by atoms with van der Waals surface area (Å²) in [6.45, 7) is 2.08. The maximum atomic E-state index is 12.7. The van der Waals surface area contributed by atoms with E-state index in [1.54, 1.807) is 18.6 Å². The Bertz CT molecular complexity index is 1050. The maximum absolute atomic E-state index is 12.7. The summed E-state index contributed by atoms with van der Waals surface area (Å²) < 4.78 is 13.4. The van der Waals surface area contributed by atoms with Crippen LogP contribution in [0.5, 0.6) is 0 Å². The third-order valence-electron chi connectivity index (χ3n) is 4.00. The van der Waals surface area contributed by atoms with Crippen LogP contribution in [0.15, 0.2) is 40.3 Å². The zero-order chi connectivity index (χ0) is 18.8. The summed E-state index contributed by atoms with van der Waals surface area (Å²) in [6, 6.07) is 3.79. The smallest absolute Gasteiger partial charge is 0.232 e. The number of thiazole rings is 1. The Morgan fingerprint density at radius 2 is 2.15 bits per heavy atom. The number of nitrogens with two attached hydrogens (primary N) is 1. The Hall–Kier alpha value is -2.07. The molecule has 2 N–H and O–H groups in total. The van der Waals surface area contributed by atoms with Crippen LogP contribution < -0.4 is 5.73 Å². The van der Waals surface area contributed by atoms with Gasteiger partial charge in [-0.25, -0.2) is 15.0 Å². The zero-order valence-electron chi connectivity index (χ0n) is 14.6. The number of hydrogen-bond acceptors (Lipinski definition) is 8. The van der Waals surface area contributed by atoms with Crippen molar-refractivity contribution in [1.82, 2.24) is 19.9 Å². The highest BCUT2D eigenvalue weighted by Crippen LogP contribution is 2.42. The molecule has 0 fully saturated rings. The van der Waals surface area contributed by atoms with Crippen molar-refractivity contribution in [2.24, 2.45) is 0 Å². The van der Waals surface area contributed by atoms with Gasteiger partial charge in [0.15, 0.2) is 10.8 Å². The number of nitrogens with zero attached hydrogens (tertiary/aromatic N) is 4. The molecule has 6 nitrogen and oxygen atoms in total. The fourth-order valence-corrected chi connectivity index (χ4v) is 6.02. The second kappa shape index (κ2) is 7.89. The fraction of sp³-hybridized carbons (Fsp3) is 0.222. The van der Waals surface area contributed by atoms with Gasteiger partial charge < -0.3 is 10.3 Å². The molecule has 4 aromatic rings. The number of fused-ring (bicyclic) bond motifs is 1. The Kier molecular flexibility index (Phi) is 5.35. The second-order valence-electron chi connectivity index (χ2n) is 5.86. The maximum Gasteiger partial charge on any atom is 0.232 e. The van der Waals surface area contributed by atoms with Crippen molar-refractivity contribution in [3.63, 3.8) is 0 Å². The quantitative estimate of drug-likeness (QED) is 0.469. The zero-order valence-corrected chi connectivity index (χ0v) is 17.0. The summed E-state index contributed by atoms with van der Waals surface area (Å²) in [5.41, 5.74) is 8.48. The molecule has 0 amide bonds. The van der Waals surface area contributed by atoms with Gasteiger partial charge in [-0.15, -0.1) is 11.3 Å². The van der Waals surface area contributed by atoms with Crippen molar-refractivity contribution >= 4 is 49.8 Å². The Morgan fingerprint density at radius 1 is 1.26 bits per heavy atom. The predicted molar refractivity (Wildman–Crippen MR) is 112 cm³/mol. The highest BCUT2D eigenvalue weighted by molar-refractivity contribution is 7.93. The molecule has 0 saturated heterocycles. The predicted octanol–water partition coefficient (Wildman–Crippen LogP) is 4.37. The van der Waals surface area contributed by atoms with Crippen LogP contribution in [0, 0.1) is 0 Å². The van der Waals surface area contributed by atoms with Crippen LogP contribution in [0.25, 0.3) is 32.3 Å². The van der Waals surface area contributed by atoms with Crippen molar-refractivity contribution in [1.29, 1.82) is 0 Å². The first-order valence-electron chi connectivity index (χ1n) is 8.47. The van der Waals surface area contributed by atoms with Crippen molar-refractivity contribution in [2.75, 3.05) is 11.5 Å². The van der Waals surface area contributed by atoms with Crippen molar-refractivity contribution < 1.29 is 4.55 Å². The number of rotatable bonds is 6. The van der Waals surface area contributed by atoms with Crippen LogP contribution in [-0.2, 0) is 11.2 Å². The summed E-state index contributed by atoms with van der Waals surface area (Å²) in [5.74, 6) is 1.14. The van der Waals surface area contributed by atoms with Gasteiger partial charge in [0.2, 0.25) is 4.21 Å². The summed E-state index contributed by atoms with van der Waals surface area (Å²) in [6.07, 6.45) is 7.08. The van der Waals surface area contributed by atoms with Gasteiger partial charge in [-0.05, 0) is 29.7 Å². The van der Waals surface area contributed by atoms with Crippen LogP contribution in [0.2, 0.25) is 0 Å². The standard InChI is InChI=1S/C18H17N5OS3/c1-2-3-9-27(24)18-13(19)12-14(11-5-4-6-20-10-11)22-15(23-16(12)26-18)17-21-7-8-25-17/h4-8,10H,2-3,9,19H2,1H3. The topological polar surface area (TPSA) is 101 Å². The Morgan fingerprint density at radius 3 is 2.85 bits per heavy atom. The minimum atomic E-state index is -1.14. The van der Waals surface area contributed by atoms with Crippen LogP contribution in [0.1, 0.15) is 19.8 Å². The van der Waals surface area contributed by atoms with E-state index in [0.29, 0.717) is 27.2 Å². The van der Waals surface area contributed by atoms with Gasteiger partial charge in [0, 0.05) is 29.5 Å². The van der Waals surface area contributed by atoms with Crippen LogP contribution in [0.3, 0.4) is 0 Å². The monoisotopic (exact) mass is 415 g/mol. The number of pyridine rings is 1. The number of unbranched alkanes of at least 4 members (excludes halogenated alkanes) is 1. The first-order valence-corrected chi connectivity index (χ1v) is 11.5. The molecular formula is C18H17N5OS3. The minimum absolute atomic E-state index is 0.508. The number of thiophene rings is 1. The molecule has 0 aliphatic heterocycles. The summed E-state index contributed by atoms with van der Waals surface area (Å²) in [4.78, 5) is 18.7. The summed E-state index contributed by atoms with van der Waals surface area (Å²) in [5, 5.41) is 3.37. The minimum Gasteiger partial charge on any atom is -0.611 e. The average Bonchev–Trinajstić information content (AvgIpc) is 3.35. The van der Waals surface area contributed by atoms with E-state index >= 15 is 0 Å². The molecule has 1 atom stereocenters. The lowest BCUT2D eigenvalue weighted by Crippen LogP contribution is -2.07. The molecule has 138 valence electrons. The second-order valence-corrected chi connectivity index (χ2v) is 9.52. The summed E-state index contributed by atoms with van der Waals surface area (Å²) in [7, 11) is 0. The molecule has 0 saturated carbocycles. The first-order chi connectivity index (χ1) is 13.2. The molecule has 0 radical (unpaired) electrons. The van der Waals surface area contributed by atoms with Gasteiger partial charge in [0.05, 0.1) is 11.1 Å². The lowest BCUT2D eigenvalue weighted by atomic mass is 10.1. The fourth-order valence-electron chi connectivity index (χ4n) is 2.68. The largest absolute Gasteiger partial charge is 0.611 e. The first kappa shape index (κ1) is 18.3. The van der Waals surface area contributed by atoms with E-state index in [1.807, 2.05) is 17.5 Å². The molecular weight excluding hydrogens is 398 g/mol. The molecule has 27 heavy (non-hydrogen) atoms. The lowest BCUT2D eigenvalue weighted by Gasteiger charge is -2.08. The number of anilines is 1. The van der Waals surface area contributed by atoms with Gasteiger partial charge in [0.25, 0.3) is 0 Å². The van der Waals surface area contributed by atoms with Gasteiger partial charge in [-0.3, -0.25) is 4.98 Å². The van der Waals surface area contributed by atoms with E-state index in [4.69, 9.17) is 10.7 Å². The molecule has 4 heterocycles. The van der Waals surface area contributed by atoms with Crippen LogP contribution in [-0.4, -0.2) is 30.2 Å². The Balaban J connectivity index is 1.93. The molecule has 9 heteroatoms. The molecule has 0 bridgehead atoms. The molecule has 1 unspecified atom stereocenters. The van der Waals surface area contributed by atoms with E-state index in [1.165, 1.54) is 22.7 Å². The van der Waals surface area contributed by atoms with E-state index in [9.17, 15) is 4.55 Å². The van der Waals surface area contributed by atoms with E-state index in [2.05, 4.69) is 21.9 Å². The van der Waals surface area contributed by atoms with Gasteiger partial charge in [0.1, 0.15) is 16.3 Å². The number of aromatic nitrogens is 4. The lowest BCUT2D eigenvalue weighted by molar-refractivity contribution is 0.594. The molecule has 4 aromatic heterocycles. The normalized spacial score (nSPS) is 12.5. The summed E-state index contributed by atoms with van der Waals surface area (Å²) >= 11 is 1.72. The van der Waals surface area contributed by atoms with Gasteiger partial charge >= 0.3 is 0 Å². The highest BCUT2D eigenvalue weighted by Gasteiger charge is 2.25. The van der Waals surface area contributed by atoms with Gasteiger partial charge in [-0.2, -0.15) is 0 Å². The molecule has 0 spiro atoms. The van der Waals surface area contributed by atoms with E-state index < -0.39 is 11.2 Å². The van der Waals surface area contributed by atoms with Crippen LogP contribution >= 0.6 is 22.7 Å². The van der Waals surface area contributed by atoms with Gasteiger partial charge in [-0.1, -0.05) is 24.7 Å². The molecule has 4 rings (SSSR count). The van der Waals surface area contributed by atoms with Crippen molar-refractivity contribution in [3.8, 4) is 22.1 Å². The van der Waals surface area contributed by atoms with E-state index in [0.717, 1.165) is 33.6 Å². The molecule has 0 aliphatic carbocycles. The molecule has 0 aromatic carbocycles. The third-order valence-corrected chi connectivity index (χ3v) is 7.77. The van der Waals surface area contributed by atoms with Crippen molar-refractivity contribution in [2.45, 2.75) is 24.0 Å². The third kappa shape index (κ3) is 3.55. The van der Waals surface area contributed by atoms with E-state index in [-0.39, 0.29) is 0 Å². The number of nitrogen functional groups attached to an aromatic ring is 1. The number of hydrogen-bond donors (Lipinski definition) is 1. The molecule has 0 aliphatic rings. The average molecular weight is 416 g/mol. The van der Waals surface area contributed by atoms with Crippen molar-refractivity contribution in [3.05, 3.63) is 36.1 Å². The SMILES string of the molecule is CCCC[S+]([O-])c1sc2nc(-c3nccs3)nc(-c3cccnc3)c2c1N.